The summed E-state index contributed by atoms with van der Waals surface area (Å²) in [5, 5.41) is 13.6. The molecule has 2 aromatic rings. The summed E-state index contributed by atoms with van der Waals surface area (Å²) in [5.41, 5.74) is 10.6. The molecule has 0 spiro atoms. The number of likely N-dealkylation sites (tertiary alicyclic amines) is 1. The summed E-state index contributed by atoms with van der Waals surface area (Å²) in [7, 11) is 0. The van der Waals surface area contributed by atoms with Crippen LogP contribution in [0.15, 0.2) is 48.5 Å². The van der Waals surface area contributed by atoms with Gasteiger partial charge in [-0.2, -0.15) is 0 Å². The largest absolute Gasteiger partial charge is 0.483 e. The molecule has 1 saturated heterocycles. The molecule has 1 heterocycles. The van der Waals surface area contributed by atoms with Crippen molar-refractivity contribution in [2.75, 3.05) is 31.5 Å². The number of urea groups is 1. The molecule has 174 valence electrons. The predicted molar refractivity (Wildman–Crippen MR) is 129 cm³/mol. The van der Waals surface area contributed by atoms with Crippen molar-refractivity contribution in [3.8, 4) is 0 Å². The zero-order valence-electron chi connectivity index (χ0n) is 18.9. The summed E-state index contributed by atoms with van der Waals surface area (Å²) in [6, 6.07) is 17.6. The van der Waals surface area contributed by atoms with Gasteiger partial charge in [-0.15, -0.1) is 0 Å². The number of amides is 2. The number of carbonyl (C=O) groups is 2. The highest BCUT2D eigenvalue weighted by Gasteiger charge is 2.22. The maximum absolute atomic E-state index is 12.4. The summed E-state index contributed by atoms with van der Waals surface area (Å²) >= 11 is 0. The maximum atomic E-state index is 12.4. The molecule has 1 fully saturated rings. The third-order valence-electron chi connectivity index (χ3n) is 5.66. The molecule has 7 heteroatoms. The molecule has 0 unspecified atom stereocenters. The molecule has 3 rings (SSSR count). The van der Waals surface area contributed by atoms with Gasteiger partial charge >= 0.3 is 6.03 Å². The van der Waals surface area contributed by atoms with Gasteiger partial charge in [0.1, 0.15) is 0 Å². The number of carboxylic acid groups (broad SMARTS) is 1. The van der Waals surface area contributed by atoms with Crippen LogP contribution in [0.3, 0.4) is 0 Å². The van der Waals surface area contributed by atoms with E-state index < -0.39 is 0 Å². The van der Waals surface area contributed by atoms with Crippen LogP contribution in [-0.4, -0.2) is 54.7 Å². The van der Waals surface area contributed by atoms with E-state index in [-0.39, 0.29) is 12.5 Å². The lowest BCUT2D eigenvalue weighted by atomic mass is 10.0. The molecule has 5 N–H and O–H groups in total. The molecule has 1 aliphatic rings. The highest BCUT2D eigenvalue weighted by Crippen LogP contribution is 2.17. The van der Waals surface area contributed by atoms with E-state index >= 15 is 0 Å². The Labute approximate surface area is 191 Å². The predicted octanol–water partition coefficient (Wildman–Crippen LogP) is 3.28. The first-order valence-electron chi connectivity index (χ1n) is 11.3. The minimum absolute atomic E-state index is 0.0553. The fourth-order valence-electron chi connectivity index (χ4n) is 3.76. The van der Waals surface area contributed by atoms with Gasteiger partial charge in [-0.05, 0) is 67.5 Å². The first-order chi connectivity index (χ1) is 15.6. The number of aryl methyl sites for hydroxylation is 1. The van der Waals surface area contributed by atoms with E-state index in [1.54, 1.807) is 0 Å². The highest BCUT2D eigenvalue weighted by molar-refractivity contribution is 5.74. The summed E-state index contributed by atoms with van der Waals surface area (Å²) in [6.07, 6.45) is 4.78. The van der Waals surface area contributed by atoms with Gasteiger partial charge in [0, 0.05) is 31.4 Å². The third kappa shape index (κ3) is 8.59. The Morgan fingerprint density at radius 2 is 1.56 bits per heavy atom. The average Bonchev–Trinajstić information content (AvgIpc) is 2.82. The van der Waals surface area contributed by atoms with Crippen molar-refractivity contribution < 1.29 is 14.7 Å². The van der Waals surface area contributed by atoms with Crippen LogP contribution in [-0.2, 0) is 24.1 Å². The van der Waals surface area contributed by atoms with Gasteiger partial charge in [-0.25, -0.2) is 4.79 Å². The summed E-state index contributed by atoms with van der Waals surface area (Å²) in [6.45, 7) is 4.85. The van der Waals surface area contributed by atoms with Gasteiger partial charge in [-0.3, -0.25) is 4.79 Å². The molecule has 32 heavy (non-hydrogen) atoms. The molecule has 0 bridgehead atoms. The Kier molecular flexibility index (Phi) is 11.1. The van der Waals surface area contributed by atoms with Crippen LogP contribution in [0.25, 0.3) is 0 Å². The first kappa shape index (κ1) is 25.2. The lowest BCUT2D eigenvalue weighted by Crippen LogP contribution is -2.47. The van der Waals surface area contributed by atoms with Crippen molar-refractivity contribution in [2.24, 2.45) is 5.73 Å². The summed E-state index contributed by atoms with van der Waals surface area (Å²) in [5.74, 6) is 0. The SMILES string of the molecule is CCc1ccc(CCNC(=O)N2CCC(Nc3ccc(CCN)cc3)CC2)cc1.O=CO. The minimum Gasteiger partial charge on any atom is -0.483 e. The van der Waals surface area contributed by atoms with Gasteiger partial charge in [-0.1, -0.05) is 43.3 Å². The van der Waals surface area contributed by atoms with Crippen LogP contribution in [0.5, 0.6) is 0 Å². The molecule has 2 amide bonds. The van der Waals surface area contributed by atoms with Crippen LogP contribution in [0, 0.1) is 0 Å². The molecule has 1 aliphatic heterocycles. The van der Waals surface area contributed by atoms with Gasteiger partial charge in [0.05, 0.1) is 0 Å². The highest BCUT2D eigenvalue weighted by atomic mass is 16.3. The second kappa shape index (κ2) is 14.1. The van der Waals surface area contributed by atoms with Gasteiger partial charge in [0.25, 0.3) is 6.47 Å². The van der Waals surface area contributed by atoms with Crippen LogP contribution < -0.4 is 16.4 Å². The second-order valence-electron chi connectivity index (χ2n) is 7.90. The Morgan fingerprint density at radius 1 is 1.03 bits per heavy atom. The van der Waals surface area contributed by atoms with E-state index in [9.17, 15) is 4.79 Å². The number of nitrogens with zero attached hydrogens (tertiary/aromatic N) is 1. The molecule has 7 nitrogen and oxygen atoms in total. The van der Waals surface area contributed by atoms with Crippen LogP contribution in [0.2, 0.25) is 0 Å². The Balaban J connectivity index is 0.00000114. The first-order valence-corrected chi connectivity index (χ1v) is 11.3. The zero-order valence-corrected chi connectivity index (χ0v) is 18.9. The van der Waals surface area contributed by atoms with Gasteiger partial charge < -0.3 is 26.4 Å². The summed E-state index contributed by atoms with van der Waals surface area (Å²) < 4.78 is 0. The number of anilines is 1. The summed E-state index contributed by atoms with van der Waals surface area (Å²) in [4.78, 5) is 22.7. The molecule has 0 aliphatic carbocycles. The molecule has 0 atom stereocenters. The van der Waals surface area contributed by atoms with Crippen molar-refractivity contribution >= 4 is 18.2 Å². The smallest absolute Gasteiger partial charge is 0.317 e. The number of nitrogens with two attached hydrogens (primary N) is 1. The topological polar surface area (TPSA) is 108 Å². The molecule has 2 aromatic carbocycles. The van der Waals surface area contributed by atoms with E-state index in [1.807, 2.05) is 4.90 Å². The number of piperidine rings is 1. The fraction of sp³-hybridized carbons (Fsp3) is 0.440. The number of benzene rings is 2. The van der Waals surface area contributed by atoms with E-state index in [1.165, 1.54) is 16.7 Å². The number of rotatable bonds is 8. The van der Waals surface area contributed by atoms with Crippen molar-refractivity contribution in [2.45, 2.75) is 45.1 Å². The lowest BCUT2D eigenvalue weighted by molar-refractivity contribution is -0.122. The second-order valence-corrected chi connectivity index (χ2v) is 7.90. The molecule has 0 saturated carbocycles. The quantitative estimate of drug-likeness (QED) is 0.471. The van der Waals surface area contributed by atoms with Crippen molar-refractivity contribution in [3.63, 3.8) is 0 Å². The Hall–Kier alpha value is -3.06. The fourth-order valence-corrected chi connectivity index (χ4v) is 3.76. The normalized spacial score (nSPS) is 13.6. The number of carbonyl (C=O) groups excluding carboxylic acids is 1. The van der Waals surface area contributed by atoms with Crippen molar-refractivity contribution in [1.82, 2.24) is 10.2 Å². The van der Waals surface area contributed by atoms with Crippen LogP contribution in [0.1, 0.15) is 36.5 Å². The van der Waals surface area contributed by atoms with Gasteiger partial charge in [0.15, 0.2) is 0 Å². The molecule has 0 radical (unpaired) electrons. The Bertz CT molecular complexity index is 801. The monoisotopic (exact) mass is 440 g/mol. The van der Waals surface area contributed by atoms with Crippen LogP contribution >= 0.6 is 0 Å². The minimum atomic E-state index is -0.250. The third-order valence-corrected chi connectivity index (χ3v) is 5.66. The van der Waals surface area contributed by atoms with Crippen LogP contribution in [0.4, 0.5) is 10.5 Å². The zero-order chi connectivity index (χ0) is 23.2. The standard InChI is InChI=1S/C24H34N4O.CH2O2/c1-2-19-3-5-21(6-4-19)12-16-26-24(29)28-17-13-23(14-18-28)27-22-9-7-20(8-10-22)11-15-25;2-1-3/h3-10,23,27H,2,11-18,25H2,1H3,(H,26,29);1H,(H,2,3). The molecular formula is C25H36N4O3. The van der Waals surface area contributed by atoms with Crippen molar-refractivity contribution in [3.05, 3.63) is 65.2 Å². The average molecular weight is 441 g/mol. The van der Waals surface area contributed by atoms with Gasteiger partial charge in [0.2, 0.25) is 0 Å². The molecule has 0 aromatic heterocycles. The van der Waals surface area contributed by atoms with Crippen molar-refractivity contribution in [1.29, 1.82) is 0 Å². The van der Waals surface area contributed by atoms with E-state index in [0.717, 1.165) is 50.9 Å². The molecular weight excluding hydrogens is 404 g/mol. The maximum Gasteiger partial charge on any atom is 0.317 e. The Morgan fingerprint density at radius 3 is 2.12 bits per heavy atom. The number of hydrogen-bond acceptors (Lipinski definition) is 4. The van der Waals surface area contributed by atoms with E-state index in [0.29, 0.717) is 19.1 Å². The lowest BCUT2D eigenvalue weighted by Gasteiger charge is -2.33. The number of hydrogen-bond donors (Lipinski definition) is 4. The van der Waals surface area contributed by atoms with E-state index in [4.69, 9.17) is 15.6 Å². The van der Waals surface area contributed by atoms with E-state index in [2.05, 4.69) is 66.1 Å². The number of nitrogens with one attached hydrogen (secondary N) is 2.